The highest BCUT2D eigenvalue weighted by Crippen LogP contribution is 2.14. The highest BCUT2D eigenvalue weighted by atomic mass is 35.5. The molecule has 0 aliphatic heterocycles. The van der Waals surface area contributed by atoms with Crippen molar-refractivity contribution in [2.45, 2.75) is 19.4 Å². The van der Waals surface area contributed by atoms with Crippen molar-refractivity contribution in [3.05, 3.63) is 64.4 Å². The summed E-state index contributed by atoms with van der Waals surface area (Å²) in [6, 6.07) is 11.1. The average Bonchev–Trinajstić information content (AvgIpc) is 2.41. The Kier molecular flexibility index (Phi) is 4.81. The van der Waals surface area contributed by atoms with Crippen LogP contribution in [0, 0.1) is 5.82 Å². The van der Waals surface area contributed by atoms with Gasteiger partial charge in [-0.1, -0.05) is 23.7 Å². The quantitative estimate of drug-likeness (QED) is 0.850. The molecule has 0 aliphatic rings. The number of benzene rings is 2. The molecule has 0 aromatic heterocycles. The molecule has 110 valence electrons. The van der Waals surface area contributed by atoms with Crippen LogP contribution < -0.4 is 11.1 Å². The fourth-order valence-electron chi connectivity index (χ4n) is 2.07. The summed E-state index contributed by atoms with van der Waals surface area (Å²) in [4.78, 5) is 12.1. The third-order valence-electron chi connectivity index (χ3n) is 3.09. The number of hydrogen-bond acceptors (Lipinski definition) is 2. The zero-order chi connectivity index (χ0) is 15.4. The van der Waals surface area contributed by atoms with Crippen LogP contribution in [0.3, 0.4) is 0 Å². The van der Waals surface area contributed by atoms with Crippen molar-refractivity contribution in [3.63, 3.8) is 0 Å². The molecule has 0 fully saturated rings. The van der Waals surface area contributed by atoms with E-state index in [0.29, 0.717) is 11.4 Å². The molecule has 1 amide bonds. The van der Waals surface area contributed by atoms with Crippen molar-refractivity contribution in [1.82, 2.24) is 5.32 Å². The number of nitrogen functional groups attached to an aromatic ring is 1. The van der Waals surface area contributed by atoms with Gasteiger partial charge >= 0.3 is 0 Å². The molecule has 0 bridgehead atoms. The summed E-state index contributed by atoms with van der Waals surface area (Å²) < 4.78 is 13.0. The average molecular weight is 307 g/mol. The lowest BCUT2D eigenvalue weighted by Gasteiger charge is -2.15. The molecule has 0 saturated heterocycles. The van der Waals surface area contributed by atoms with E-state index in [2.05, 4.69) is 5.32 Å². The summed E-state index contributed by atoms with van der Waals surface area (Å²) >= 11 is 5.83. The van der Waals surface area contributed by atoms with Crippen molar-refractivity contribution in [2.75, 3.05) is 5.73 Å². The van der Waals surface area contributed by atoms with E-state index in [-0.39, 0.29) is 23.2 Å². The Morgan fingerprint density at radius 3 is 2.57 bits per heavy atom. The smallest absolute Gasteiger partial charge is 0.253 e. The van der Waals surface area contributed by atoms with E-state index in [1.807, 2.05) is 31.2 Å². The fraction of sp³-hybridized carbons (Fsp3) is 0.188. The summed E-state index contributed by atoms with van der Waals surface area (Å²) in [5, 5.41) is 3.52. The number of anilines is 1. The van der Waals surface area contributed by atoms with Crippen LogP contribution in [0.25, 0.3) is 0 Å². The number of rotatable bonds is 4. The third-order valence-corrected chi connectivity index (χ3v) is 3.34. The fourth-order valence-corrected chi connectivity index (χ4v) is 2.19. The van der Waals surface area contributed by atoms with Crippen LogP contribution in [0.5, 0.6) is 0 Å². The standard InChI is InChI=1S/C16H16ClFN2O/c1-10(8-11-2-4-12(17)5-3-11)20-16(21)14-7-6-13(18)9-15(14)19/h2-7,9-10H,8,19H2,1H3,(H,20,21). The van der Waals surface area contributed by atoms with Gasteiger partial charge in [0.25, 0.3) is 5.91 Å². The topological polar surface area (TPSA) is 55.1 Å². The van der Waals surface area contributed by atoms with Crippen molar-refractivity contribution in [3.8, 4) is 0 Å². The zero-order valence-electron chi connectivity index (χ0n) is 11.6. The molecule has 0 aliphatic carbocycles. The Bertz CT molecular complexity index is 643. The van der Waals surface area contributed by atoms with E-state index in [9.17, 15) is 9.18 Å². The number of nitrogens with one attached hydrogen (secondary N) is 1. The van der Waals surface area contributed by atoms with E-state index in [4.69, 9.17) is 17.3 Å². The molecule has 0 spiro atoms. The summed E-state index contributed by atoms with van der Waals surface area (Å²) in [5.41, 5.74) is 7.13. The second-order valence-corrected chi connectivity index (χ2v) is 5.37. The van der Waals surface area contributed by atoms with Gasteiger partial charge in [0, 0.05) is 16.8 Å². The second-order valence-electron chi connectivity index (χ2n) is 4.94. The molecular weight excluding hydrogens is 291 g/mol. The van der Waals surface area contributed by atoms with Crippen LogP contribution >= 0.6 is 11.6 Å². The number of halogens is 2. The van der Waals surface area contributed by atoms with Crippen LogP contribution in [0.1, 0.15) is 22.8 Å². The maximum Gasteiger partial charge on any atom is 0.253 e. The van der Waals surface area contributed by atoms with Crippen LogP contribution in [-0.2, 0) is 6.42 Å². The highest BCUT2D eigenvalue weighted by Gasteiger charge is 2.13. The zero-order valence-corrected chi connectivity index (χ0v) is 12.3. The van der Waals surface area contributed by atoms with Gasteiger partial charge in [0.15, 0.2) is 0 Å². The molecule has 5 heteroatoms. The molecule has 3 N–H and O–H groups in total. The van der Waals surface area contributed by atoms with Crippen LogP contribution in [0.15, 0.2) is 42.5 Å². The Morgan fingerprint density at radius 2 is 1.95 bits per heavy atom. The molecule has 0 saturated carbocycles. The van der Waals surface area contributed by atoms with Gasteiger partial charge in [0.05, 0.1) is 5.56 Å². The summed E-state index contributed by atoms with van der Waals surface area (Å²) in [6.07, 6.45) is 0.671. The number of hydrogen-bond donors (Lipinski definition) is 2. The molecule has 0 heterocycles. The molecule has 3 nitrogen and oxygen atoms in total. The third kappa shape index (κ3) is 4.20. The summed E-state index contributed by atoms with van der Waals surface area (Å²) in [6.45, 7) is 1.90. The monoisotopic (exact) mass is 306 g/mol. The second kappa shape index (κ2) is 6.59. The Balaban J connectivity index is 2.00. The first-order chi connectivity index (χ1) is 9.95. The van der Waals surface area contributed by atoms with Crippen molar-refractivity contribution < 1.29 is 9.18 Å². The van der Waals surface area contributed by atoms with Gasteiger partial charge in [-0.15, -0.1) is 0 Å². The molecule has 2 rings (SSSR count). The minimum absolute atomic E-state index is 0.0804. The van der Waals surface area contributed by atoms with E-state index in [1.54, 1.807) is 0 Å². The summed E-state index contributed by atoms with van der Waals surface area (Å²) in [5.74, 6) is -0.771. The first kappa shape index (κ1) is 15.3. The number of carbonyl (C=O) groups excluding carboxylic acids is 1. The Hall–Kier alpha value is -2.07. The van der Waals surface area contributed by atoms with Crippen molar-refractivity contribution >= 4 is 23.2 Å². The first-order valence-electron chi connectivity index (χ1n) is 6.56. The Morgan fingerprint density at radius 1 is 1.29 bits per heavy atom. The number of nitrogens with two attached hydrogens (primary N) is 1. The number of carbonyl (C=O) groups is 1. The maximum atomic E-state index is 13.0. The van der Waals surface area contributed by atoms with Crippen molar-refractivity contribution in [2.24, 2.45) is 0 Å². The molecule has 1 unspecified atom stereocenters. The molecule has 2 aromatic rings. The van der Waals surface area contributed by atoms with E-state index >= 15 is 0 Å². The van der Waals surface area contributed by atoms with E-state index in [1.165, 1.54) is 12.1 Å². The minimum atomic E-state index is -0.460. The first-order valence-corrected chi connectivity index (χ1v) is 6.94. The molecule has 0 radical (unpaired) electrons. The number of amides is 1. The lowest BCUT2D eigenvalue weighted by atomic mass is 10.1. The van der Waals surface area contributed by atoms with Gasteiger partial charge in [0.1, 0.15) is 5.82 Å². The van der Waals surface area contributed by atoms with Gasteiger partial charge in [-0.25, -0.2) is 4.39 Å². The molecule has 1 atom stereocenters. The predicted octanol–water partition coefficient (Wildman–Crippen LogP) is 3.42. The minimum Gasteiger partial charge on any atom is -0.398 e. The SMILES string of the molecule is CC(Cc1ccc(Cl)cc1)NC(=O)c1ccc(F)cc1N. The normalized spacial score (nSPS) is 12.0. The molecule has 21 heavy (non-hydrogen) atoms. The maximum absolute atomic E-state index is 13.0. The van der Waals surface area contributed by atoms with Gasteiger partial charge in [0.2, 0.25) is 0 Å². The van der Waals surface area contributed by atoms with Crippen molar-refractivity contribution in [1.29, 1.82) is 0 Å². The van der Waals surface area contributed by atoms with E-state index < -0.39 is 5.82 Å². The predicted molar refractivity (Wildman–Crippen MR) is 82.9 cm³/mol. The lowest BCUT2D eigenvalue weighted by molar-refractivity contribution is 0.0941. The largest absolute Gasteiger partial charge is 0.398 e. The molecular formula is C16H16ClFN2O. The van der Waals surface area contributed by atoms with Gasteiger partial charge in [-0.2, -0.15) is 0 Å². The Labute approximate surface area is 127 Å². The lowest BCUT2D eigenvalue weighted by Crippen LogP contribution is -2.34. The van der Waals surface area contributed by atoms with Crippen LogP contribution in [0.4, 0.5) is 10.1 Å². The van der Waals surface area contributed by atoms with Gasteiger partial charge < -0.3 is 11.1 Å². The summed E-state index contributed by atoms with van der Waals surface area (Å²) in [7, 11) is 0. The van der Waals surface area contributed by atoms with Crippen LogP contribution in [-0.4, -0.2) is 11.9 Å². The van der Waals surface area contributed by atoms with E-state index in [0.717, 1.165) is 11.6 Å². The van der Waals surface area contributed by atoms with Crippen LogP contribution in [0.2, 0.25) is 5.02 Å². The van der Waals surface area contributed by atoms with Gasteiger partial charge in [-0.05, 0) is 49.2 Å². The molecule has 2 aromatic carbocycles. The highest BCUT2D eigenvalue weighted by molar-refractivity contribution is 6.30. The van der Waals surface area contributed by atoms with Gasteiger partial charge in [-0.3, -0.25) is 4.79 Å².